The van der Waals surface area contributed by atoms with E-state index in [1.807, 2.05) is 6.92 Å². The van der Waals surface area contributed by atoms with Gasteiger partial charge in [0.1, 0.15) is 0 Å². The summed E-state index contributed by atoms with van der Waals surface area (Å²) in [5.74, 6) is 1.75. The van der Waals surface area contributed by atoms with Crippen LogP contribution < -0.4 is 9.47 Å². The topological polar surface area (TPSA) is 35.5 Å². The van der Waals surface area contributed by atoms with Crippen molar-refractivity contribution in [2.75, 3.05) is 13.7 Å². The Kier molecular flexibility index (Phi) is 5.66. The van der Waals surface area contributed by atoms with Crippen LogP contribution in [0.15, 0.2) is 16.6 Å². The molecule has 0 N–H and O–H groups in total. The average Bonchev–Trinajstić information content (AvgIpc) is 2.35. The summed E-state index contributed by atoms with van der Waals surface area (Å²) in [5, 5.41) is 0. The molecule has 0 radical (unpaired) electrons. The highest BCUT2D eigenvalue weighted by Crippen LogP contribution is 2.37. The minimum Gasteiger partial charge on any atom is -0.493 e. The van der Waals surface area contributed by atoms with Gasteiger partial charge in [-0.15, -0.1) is 0 Å². The number of Topliss-reactive ketones (excluding diaryl/α,β-unsaturated/α-hetero) is 1. The number of ether oxygens (including phenoxy) is 2. The Hall–Kier alpha value is -1.03. The van der Waals surface area contributed by atoms with E-state index in [4.69, 9.17) is 9.47 Å². The van der Waals surface area contributed by atoms with Crippen LogP contribution >= 0.6 is 15.9 Å². The zero-order valence-corrected chi connectivity index (χ0v) is 12.8. The molecule has 4 heteroatoms. The minimum absolute atomic E-state index is 0.0874. The van der Waals surface area contributed by atoms with Crippen LogP contribution in [-0.4, -0.2) is 19.5 Å². The van der Waals surface area contributed by atoms with Crippen molar-refractivity contribution in [2.45, 2.75) is 27.2 Å². The van der Waals surface area contributed by atoms with E-state index in [2.05, 4.69) is 29.8 Å². The van der Waals surface area contributed by atoms with Crippen molar-refractivity contribution >= 4 is 21.7 Å². The highest BCUT2D eigenvalue weighted by molar-refractivity contribution is 9.10. The van der Waals surface area contributed by atoms with Gasteiger partial charge in [0.05, 0.1) is 18.2 Å². The molecule has 0 fully saturated rings. The van der Waals surface area contributed by atoms with E-state index < -0.39 is 0 Å². The van der Waals surface area contributed by atoms with Crippen molar-refractivity contribution in [3.05, 3.63) is 22.2 Å². The summed E-state index contributed by atoms with van der Waals surface area (Å²) >= 11 is 3.43. The average molecular weight is 315 g/mol. The van der Waals surface area contributed by atoms with Gasteiger partial charge in [0.15, 0.2) is 17.3 Å². The Morgan fingerprint density at radius 1 is 1.39 bits per heavy atom. The fraction of sp³-hybridized carbons (Fsp3) is 0.500. The first-order valence-corrected chi connectivity index (χ1v) is 6.82. The number of carbonyl (C=O) groups is 1. The maximum Gasteiger partial charge on any atom is 0.175 e. The molecular formula is C14H19BrO3. The van der Waals surface area contributed by atoms with E-state index in [1.165, 1.54) is 0 Å². The van der Waals surface area contributed by atoms with Gasteiger partial charge in [-0.25, -0.2) is 0 Å². The molecule has 0 aromatic heterocycles. The molecule has 0 atom stereocenters. The number of ketones is 1. The van der Waals surface area contributed by atoms with Gasteiger partial charge in [-0.05, 0) is 34.0 Å². The van der Waals surface area contributed by atoms with Gasteiger partial charge in [-0.1, -0.05) is 20.8 Å². The summed E-state index contributed by atoms with van der Waals surface area (Å²) in [4.78, 5) is 11.7. The molecule has 0 amide bonds. The lowest BCUT2D eigenvalue weighted by Crippen LogP contribution is -2.07. The Balaban J connectivity index is 3.07. The van der Waals surface area contributed by atoms with Crippen LogP contribution in [0.5, 0.6) is 11.5 Å². The molecule has 0 aliphatic heterocycles. The number of methoxy groups -OCH3 is 1. The van der Waals surface area contributed by atoms with Crippen LogP contribution in [0.4, 0.5) is 0 Å². The van der Waals surface area contributed by atoms with E-state index in [9.17, 15) is 4.79 Å². The monoisotopic (exact) mass is 314 g/mol. The molecule has 0 saturated heterocycles. The molecule has 0 spiro atoms. The van der Waals surface area contributed by atoms with E-state index in [1.54, 1.807) is 19.2 Å². The van der Waals surface area contributed by atoms with Crippen LogP contribution in [0.3, 0.4) is 0 Å². The number of carbonyl (C=O) groups excluding carboxylic acids is 1. The first-order chi connectivity index (χ1) is 8.49. The first-order valence-electron chi connectivity index (χ1n) is 6.03. The van der Waals surface area contributed by atoms with Gasteiger partial charge in [0.2, 0.25) is 0 Å². The second-order valence-corrected chi connectivity index (χ2v) is 5.33. The quantitative estimate of drug-likeness (QED) is 0.742. The summed E-state index contributed by atoms with van der Waals surface area (Å²) in [6.07, 6.45) is 0.474. The lowest BCUT2D eigenvalue weighted by atomic mass is 10.1. The minimum atomic E-state index is 0.0874. The second-order valence-electron chi connectivity index (χ2n) is 4.47. The molecule has 1 aromatic carbocycles. The Morgan fingerprint density at radius 3 is 2.56 bits per heavy atom. The number of benzene rings is 1. The van der Waals surface area contributed by atoms with Gasteiger partial charge >= 0.3 is 0 Å². The Morgan fingerprint density at radius 2 is 2.06 bits per heavy atom. The van der Waals surface area contributed by atoms with Crippen molar-refractivity contribution in [3.63, 3.8) is 0 Å². The predicted molar refractivity (Wildman–Crippen MR) is 75.6 cm³/mol. The molecule has 0 heterocycles. The van der Waals surface area contributed by atoms with Crippen molar-refractivity contribution in [1.29, 1.82) is 0 Å². The Bertz CT molecular complexity index is 427. The van der Waals surface area contributed by atoms with Crippen LogP contribution in [0, 0.1) is 5.92 Å². The summed E-state index contributed by atoms with van der Waals surface area (Å²) < 4.78 is 11.7. The molecule has 0 unspecified atom stereocenters. The smallest absolute Gasteiger partial charge is 0.175 e. The summed E-state index contributed by atoms with van der Waals surface area (Å²) in [7, 11) is 1.57. The van der Waals surface area contributed by atoms with Crippen LogP contribution in [-0.2, 0) is 0 Å². The zero-order valence-electron chi connectivity index (χ0n) is 11.2. The maximum absolute atomic E-state index is 11.7. The lowest BCUT2D eigenvalue weighted by molar-refractivity contribution is 0.0987. The van der Waals surface area contributed by atoms with E-state index in [0.717, 1.165) is 4.47 Å². The fourth-order valence-corrected chi connectivity index (χ4v) is 2.03. The van der Waals surface area contributed by atoms with Gasteiger partial charge in [0, 0.05) is 12.0 Å². The highest BCUT2D eigenvalue weighted by Gasteiger charge is 2.15. The standard InChI is InChI=1S/C14H19BrO3/c1-5-12(16)10-6-11(15)14(13(7-10)17-4)18-8-9(2)3/h6-7,9H,5,8H2,1-4H3. The second kappa shape index (κ2) is 6.78. The molecule has 3 nitrogen and oxygen atoms in total. The SMILES string of the molecule is CCC(=O)c1cc(Br)c(OCC(C)C)c(OC)c1. The molecule has 1 aromatic rings. The predicted octanol–water partition coefficient (Wildman–Crippen LogP) is 4.09. The van der Waals surface area contributed by atoms with Crippen LogP contribution in [0.1, 0.15) is 37.6 Å². The van der Waals surface area contributed by atoms with Gasteiger partial charge in [-0.2, -0.15) is 0 Å². The van der Waals surface area contributed by atoms with Crippen LogP contribution in [0.2, 0.25) is 0 Å². The number of hydrogen-bond donors (Lipinski definition) is 0. The van der Waals surface area contributed by atoms with Gasteiger partial charge < -0.3 is 9.47 Å². The number of hydrogen-bond acceptors (Lipinski definition) is 3. The lowest BCUT2D eigenvalue weighted by Gasteiger charge is -2.15. The van der Waals surface area contributed by atoms with Crippen molar-refractivity contribution in [3.8, 4) is 11.5 Å². The van der Waals surface area contributed by atoms with Gasteiger partial charge in [0.25, 0.3) is 0 Å². The van der Waals surface area contributed by atoms with E-state index in [0.29, 0.717) is 36.0 Å². The summed E-state index contributed by atoms with van der Waals surface area (Å²) in [5.41, 5.74) is 0.637. The van der Waals surface area contributed by atoms with E-state index in [-0.39, 0.29) is 5.78 Å². The van der Waals surface area contributed by atoms with Crippen molar-refractivity contribution in [1.82, 2.24) is 0 Å². The molecular weight excluding hydrogens is 296 g/mol. The normalized spacial score (nSPS) is 10.6. The van der Waals surface area contributed by atoms with E-state index >= 15 is 0 Å². The van der Waals surface area contributed by atoms with Gasteiger partial charge in [-0.3, -0.25) is 4.79 Å². The molecule has 0 bridgehead atoms. The molecule has 18 heavy (non-hydrogen) atoms. The maximum atomic E-state index is 11.7. The summed E-state index contributed by atoms with van der Waals surface area (Å²) in [6.45, 7) is 6.60. The Labute approximate surface area is 117 Å². The molecule has 0 aliphatic rings. The third-order valence-corrected chi connectivity index (χ3v) is 3.02. The van der Waals surface area contributed by atoms with Crippen molar-refractivity contribution in [2.24, 2.45) is 5.92 Å². The third kappa shape index (κ3) is 3.73. The largest absolute Gasteiger partial charge is 0.493 e. The molecule has 0 aliphatic carbocycles. The zero-order chi connectivity index (χ0) is 13.7. The third-order valence-electron chi connectivity index (χ3n) is 2.43. The van der Waals surface area contributed by atoms with Crippen LogP contribution in [0.25, 0.3) is 0 Å². The molecule has 1 rings (SSSR count). The highest BCUT2D eigenvalue weighted by atomic mass is 79.9. The first kappa shape index (κ1) is 15.0. The number of rotatable bonds is 6. The molecule has 100 valence electrons. The summed E-state index contributed by atoms with van der Waals surface area (Å²) in [6, 6.07) is 3.51. The fourth-order valence-electron chi connectivity index (χ4n) is 1.48. The molecule has 0 saturated carbocycles. The number of halogens is 1. The van der Waals surface area contributed by atoms with Crippen molar-refractivity contribution < 1.29 is 14.3 Å².